The second-order valence-electron chi connectivity index (χ2n) is 13.6. The molecule has 49 heavy (non-hydrogen) atoms. The fourth-order valence-corrected chi connectivity index (χ4v) is 7.81. The molecule has 0 saturated heterocycles. The monoisotopic (exact) mass is 643 g/mol. The third-order valence-corrected chi connectivity index (χ3v) is 10.5. The van der Waals surface area contributed by atoms with E-state index in [0.29, 0.717) is 6.04 Å². The van der Waals surface area contributed by atoms with Crippen molar-refractivity contribution in [1.29, 1.82) is 0 Å². The molecule has 6 aromatic rings. The lowest BCUT2D eigenvalue weighted by Gasteiger charge is -2.29. The normalized spacial score (nSPS) is 16.1. The van der Waals surface area contributed by atoms with Crippen molar-refractivity contribution in [3.05, 3.63) is 162 Å². The summed E-state index contributed by atoms with van der Waals surface area (Å²) in [7, 11) is 0. The highest BCUT2D eigenvalue weighted by Crippen LogP contribution is 2.41. The van der Waals surface area contributed by atoms with E-state index in [1.807, 2.05) is 0 Å². The summed E-state index contributed by atoms with van der Waals surface area (Å²) in [4.78, 5) is 4.75. The molecule has 0 atom stereocenters. The first-order valence-electron chi connectivity index (χ1n) is 18.3. The summed E-state index contributed by atoms with van der Waals surface area (Å²) in [6.07, 6.45) is 5.10. The van der Waals surface area contributed by atoms with Gasteiger partial charge in [-0.05, 0) is 122 Å². The summed E-state index contributed by atoms with van der Waals surface area (Å²) >= 11 is 0. The van der Waals surface area contributed by atoms with Gasteiger partial charge in [-0.2, -0.15) is 0 Å². The zero-order valence-electron chi connectivity index (χ0n) is 29.2. The molecule has 0 unspecified atom stereocenters. The van der Waals surface area contributed by atoms with Crippen LogP contribution in [0.4, 0.5) is 28.4 Å². The first-order chi connectivity index (χ1) is 24.1. The maximum atomic E-state index is 3.96. The van der Waals surface area contributed by atoms with Crippen LogP contribution in [-0.4, -0.2) is 19.1 Å². The van der Waals surface area contributed by atoms with Gasteiger partial charge < -0.3 is 15.1 Å². The second-order valence-corrected chi connectivity index (χ2v) is 13.6. The summed E-state index contributed by atoms with van der Waals surface area (Å²) in [5, 5.41) is 6.58. The number of hydrogen-bond donors (Lipinski definition) is 1. The molecule has 0 radical (unpaired) electrons. The lowest BCUT2D eigenvalue weighted by atomic mass is 9.82. The molecule has 0 aromatic heterocycles. The van der Waals surface area contributed by atoms with Crippen LogP contribution in [0.15, 0.2) is 146 Å². The highest BCUT2D eigenvalue weighted by Gasteiger charge is 2.23. The van der Waals surface area contributed by atoms with E-state index in [9.17, 15) is 0 Å². The van der Waals surface area contributed by atoms with E-state index < -0.39 is 0 Å². The molecule has 1 N–H and O–H groups in total. The van der Waals surface area contributed by atoms with Gasteiger partial charge in [-0.15, -0.1) is 0 Å². The largest absolute Gasteiger partial charge is 0.382 e. The van der Waals surface area contributed by atoms with E-state index in [4.69, 9.17) is 0 Å². The van der Waals surface area contributed by atoms with Gasteiger partial charge in [-0.1, -0.05) is 97.9 Å². The number of nitrogens with zero attached hydrogens (tertiary/aromatic N) is 2. The summed E-state index contributed by atoms with van der Waals surface area (Å²) < 4.78 is 0. The molecule has 1 fully saturated rings. The Hall–Kier alpha value is -5.02. The summed E-state index contributed by atoms with van der Waals surface area (Å²) in [6.45, 7) is 8.64. The van der Waals surface area contributed by atoms with Crippen molar-refractivity contribution in [2.45, 2.75) is 58.4 Å². The van der Waals surface area contributed by atoms with Gasteiger partial charge in [0, 0.05) is 58.9 Å². The number of anilines is 5. The molecule has 0 spiro atoms. The molecule has 0 bridgehead atoms. The smallest absolute Gasteiger partial charge is 0.0422 e. The molecule has 3 nitrogen and oxygen atoms in total. The maximum absolute atomic E-state index is 3.96. The molecule has 1 aliphatic rings. The lowest BCUT2D eigenvalue weighted by Crippen LogP contribution is -2.25. The Bertz CT molecular complexity index is 1830. The first-order valence-corrected chi connectivity index (χ1v) is 18.3. The molecule has 248 valence electrons. The van der Waals surface area contributed by atoms with Crippen LogP contribution in [0.3, 0.4) is 0 Å². The molecule has 0 heterocycles. The van der Waals surface area contributed by atoms with Gasteiger partial charge in [0.1, 0.15) is 0 Å². The fraction of sp³-hybridized carbons (Fsp3) is 0.261. The third kappa shape index (κ3) is 7.08. The van der Waals surface area contributed by atoms with Crippen molar-refractivity contribution < 1.29 is 0 Å². The lowest BCUT2D eigenvalue weighted by molar-refractivity contribution is 0.361. The van der Waals surface area contributed by atoms with E-state index >= 15 is 0 Å². The Labute approximate surface area is 293 Å². The van der Waals surface area contributed by atoms with Gasteiger partial charge in [0.05, 0.1) is 0 Å². The first kappa shape index (κ1) is 32.5. The number of benzene rings is 6. The molecule has 3 heteroatoms. The Kier molecular flexibility index (Phi) is 9.98. The number of rotatable bonds is 11. The van der Waals surface area contributed by atoms with Crippen LogP contribution in [0.5, 0.6) is 0 Å². The van der Waals surface area contributed by atoms with E-state index in [1.165, 1.54) is 81.6 Å². The van der Waals surface area contributed by atoms with Gasteiger partial charge in [0.2, 0.25) is 0 Å². The Morgan fingerprint density at radius 1 is 0.510 bits per heavy atom. The summed E-state index contributed by atoms with van der Waals surface area (Å²) in [5.74, 6) is 0.918. The average molecular weight is 644 g/mol. The van der Waals surface area contributed by atoms with Crippen LogP contribution < -0.4 is 15.1 Å². The Balaban J connectivity index is 1.29. The SMILES string of the molecule is CCN(c1ccccc1)c1ccc(C(c2ccc(N(CC)c3ccccc3)cc2)c2ccc(NC3CCC(C)CC3)c3ccccc23)cc1. The minimum absolute atomic E-state index is 0.0798. The molecular weight excluding hydrogens is 595 g/mol. The summed E-state index contributed by atoms with van der Waals surface area (Å²) in [5.41, 5.74) is 10.0. The maximum Gasteiger partial charge on any atom is 0.0422 e. The number of fused-ring (bicyclic) bond motifs is 1. The molecule has 7 rings (SSSR count). The Morgan fingerprint density at radius 3 is 1.45 bits per heavy atom. The minimum Gasteiger partial charge on any atom is -0.382 e. The van der Waals surface area contributed by atoms with E-state index in [0.717, 1.165) is 19.0 Å². The molecule has 0 amide bonds. The van der Waals surface area contributed by atoms with Crippen LogP contribution in [0, 0.1) is 5.92 Å². The second kappa shape index (κ2) is 15.0. The van der Waals surface area contributed by atoms with Crippen LogP contribution in [0.2, 0.25) is 0 Å². The van der Waals surface area contributed by atoms with Crippen LogP contribution in [-0.2, 0) is 0 Å². The van der Waals surface area contributed by atoms with Gasteiger partial charge in [-0.3, -0.25) is 0 Å². The van der Waals surface area contributed by atoms with Gasteiger partial charge in [-0.25, -0.2) is 0 Å². The molecule has 1 saturated carbocycles. The topological polar surface area (TPSA) is 18.5 Å². The molecular formula is C46H49N3. The van der Waals surface area contributed by atoms with E-state index in [1.54, 1.807) is 0 Å². The van der Waals surface area contributed by atoms with Crippen LogP contribution in [0.25, 0.3) is 10.8 Å². The highest BCUT2D eigenvalue weighted by molar-refractivity contribution is 5.97. The molecule has 1 aliphatic carbocycles. The van der Waals surface area contributed by atoms with E-state index in [-0.39, 0.29) is 5.92 Å². The van der Waals surface area contributed by atoms with Gasteiger partial charge in [0.15, 0.2) is 0 Å². The van der Waals surface area contributed by atoms with Crippen molar-refractivity contribution in [3.63, 3.8) is 0 Å². The van der Waals surface area contributed by atoms with Crippen molar-refractivity contribution in [2.24, 2.45) is 5.92 Å². The average Bonchev–Trinajstić information content (AvgIpc) is 3.16. The van der Waals surface area contributed by atoms with Crippen molar-refractivity contribution in [2.75, 3.05) is 28.2 Å². The van der Waals surface area contributed by atoms with Gasteiger partial charge >= 0.3 is 0 Å². The van der Waals surface area contributed by atoms with Crippen LogP contribution >= 0.6 is 0 Å². The molecule has 6 aromatic carbocycles. The van der Waals surface area contributed by atoms with Gasteiger partial charge in [0.25, 0.3) is 0 Å². The van der Waals surface area contributed by atoms with Crippen molar-refractivity contribution in [1.82, 2.24) is 0 Å². The van der Waals surface area contributed by atoms with Crippen molar-refractivity contribution in [3.8, 4) is 0 Å². The highest BCUT2D eigenvalue weighted by atomic mass is 15.1. The zero-order chi connectivity index (χ0) is 33.6. The fourth-order valence-electron chi connectivity index (χ4n) is 7.81. The third-order valence-electron chi connectivity index (χ3n) is 10.5. The minimum atomic E-state index is 0.0798. The number of para-hydroxylation sites is 2. The predicted molar refractivity (Wildman–Crippen MR) is 211 cm³/mol. The standard InChI is InChI=1S/C46H49N3/c1-4-48(38-14-8-6-9-15-38)40-28-22-35(23-29-40)46(36-24-30-41(31-25-36)49(5-2)39-16-10-7-11-17-39)44-32-33-45(43-19-13-12-18-42(43)44)47-37-26-20-34(3)21-27-37/h6-19,22-25,28-34,37,46-47H,4-5,20-21,26-27H2,1-3H3. The molecule has 0 aliphatic heterocycles. The summed E-state index contributed by atoms with van der Waals surface area (Å²) in [6, 6.07) is 54.2. The number of hydrogen-bond acceptors (Lipinski definition) is 3. The zero-order valence-corrected chi connectivity index (χ0v) is 29.2. The Morgan fingerprint density at radius 2 is 0.959 bits per heavy atom. The van der Waals surface area contributed by atoms with Crippen molar-refractivity contribution >= 4 is 39.2 Å². The number of nitrogens with one attached hydrogen (secondary N) is 1. The van der Waals surface area contributed by atoms with Crippen LogP contribution in [0.1, 0.15) is 69.1 Å². The predicted octanol–water partition coefficient (Wildman–Crippen LogP) is 12.3. The quantitative estimate of drug-likeness (QED) is 0.142. The van der Waals surface area contributed by atoms with E-state index in [2.05, 4.69) is 181 Å².